The summed E-state index contributed by atoms with van der Waals surface area (Å²) < 4.78 is 5.69. The summed E-state index contributed by atoms with van der Waals surface area (Å²) in [6.07, 6.45) is 1.63. The molecular weight excluding hydrogens is 260 g/mol. The van der Waals surface area contributed by atoms with Gasteiger partial charge in [0.25, 0.3) is 5.91 Å². The first-order valence-corrected chi connectivity index (χ1v) is 5.47. The number of likely N-dealkylation sites (tertiary alicyclic amines) is 1. The molecule has 0 spiro atoms. The summed E-state index contributed by atoms with van der Waals surface area (Å²) in [7, 11) is 0. The van der Waals surface area contributed by atoms with Crippen molar-refractivity contribution in [2.75, 3.05) is 6.54 Å². The van der Waals surface area contributed by atoms with E-state index >= 15 is 0 Å². The summed E-state index contributed by atoms with van der Waals surface area (Å²) in [5.74, 6) is 0.0776. The van der Waals surface area contributed by atoms with Crippen LogP contribution < -0.4 is 0 Å². The monoisotopic (exact) mass is 268 g/mol. The summed E-state index contributed by atoms with van der Waals surface area (Å²) in [5.41, 5.74) is 0. The average molecular weight is 269 g/mol. The van der Waals surface area contributed by atoms with Gasteiger partial charge in [-0.3, -0.25) is 4.79 Å². The molecule has 1 fully saturated rings. The SMILES string of the molecule is N#CC1CCCN1C(=O)c1ccc(Br)o1. The standard InChI is InChI=1S/C10H9BrN2O2/c11-9-4-3-8(15-9)10(14)13-5-1-2-7(13)6-12/h3-4,7H,1-2,5H2. The molecule has 1 aromatic rings. The summed E-state index contributed by atoms with van der Waals surface area (Å²) in [6, 6.07) is 5.10. The van der Waals surface area contributed by atoms with Crippen molar-refractivity contribution in [2.24, 2.45) is 0 Å². The van der Waals surface area contributed by atoms with E-state index in [1.165, 1.54) is 0 Å². The molecule has 1 aromatic heterocycles. The first kappa shape index (κ1) is 10.2. The van der Waals surface area contributed by atoms with Crippen molar-refractivity contribution in [1.29, 1.82) is 5.26 Å². The summed E-state index contributed by atoms with van der Waals surface area (Å²) in [6.45, 7) is 0.634. The lowest BCUT2D eigenvalue weighted by atomic mass is 10.2. The minimum atomic E-state index is -0.304. The smallest absolute Gasteiger partial charge is 0.290 e. The maximum atomic E-state index is 11.9. The number of hydrogen-bond donors (Lipinski definition) is 0. The van der Waals surface area contributed by atoms with Crippen LogP contribution in [0.2, 0.25) is 0 Å². The zero-order valence-electron chi connectivity index (χ0n) is 7.94. The largest absolute Gasteiger partial charge is 0.444 e. The average Bonchev–Trinajstić information content (AvgIpc) is 2.84. The highest BCUT2D eigenvalue weighted by Crippen LogP contribution is 2.21. The highest BCUT2D eigenvalue weighted by atomic mass is 79.9. The van der Waals surface area contributed by atoms with Gasteiger partial charge in [0.05, 0.1) is 6.07 Å². The fourth-order valence-corrected chi connectivity index (χ4v) is 2.02. The fraction of sp³-hybridized carbons (Fsp3) is 0.400. The third-order valence-corrected chi connectivity index (χ3v) is 2.87. The topological polar surface area (TPSA) is 57.2 Å². The zero-order valence-corrected chi connectivity index (χ0v) is 9.53. The Labute approximate surface area is 95.6 Å². The van der Waals surface area contributed by atoms with E-state index in [9.17, 15) is 4.79 Å². The van der Waals surface area contributed by atoms with Crippen molar-refractivity contribution in [1.82, 2.24) is 4.90 Å². The van der Waals surface area contributed by atoms with E-state index in [2.05, 4.69) is 22.0 Å². The van der Waals surface area contributed by atoms with Gasteiger partial charge in [-0.25, -0.2) is 0 Å². The molecule has 0 radical (unpaired) electrons. The van der Waals surface area contributed by atoms with Gasteiger partial charge >= 0.3 is 0 Å². The number of furan rings is 1. The van der Waals surface area contributed by atoms with Gasteiger partial charge in [-0.05, 0) is 40.9 Å². The van der Waals surface area contributed by atoms with Crippen molar-refractivity contribution < 1.29 is 9.21 Å². The number of carbonyl (C=O) groups is 1. The normalized spacial score (nSPS) is 20.3. The lowest BCUT2D eigenvalue weighted by Gasteiger charge is -2.17. The molecule has 2 rings (SSSR count). The second-order valence-electron chi connectivity index (χ2n) is 3.39. The Balaban J connectivity index is 2.18. The van der Waals surface area contributed by atoms with Gasteiger partial charge in [-0.15, -0.1) is 0 Å². The van der Waals surface area contributed by atoms with Crippen molar-refractivity contribution >= 4 is 21.8 Å². The predicted octanol–water partition coefficient (Wildman–Crippen LogP) is 2.17. The van der Waals surface area contributed by atoms with Crippen LogP contribution in [-0.4, -0.2) is 23.4 Å². The second-order valence-corrected chi connectivity index (χ2v) is 4.17. The number of halogens is 1. The van der Waals surface area contributed by atoms with Gasteiger partial charge in [0.1, 0.15) is 6.04 Å². The van der Waals surface area contributed by atoms with E-state index in [1.807, 2.05) is 0 Å². The molecule has 2 heterocycles. The van der Waals surface area contributed by atoms with Crippen LogP contribution in [0.25, 0.3) is 0 Å². The number of carbonyl (C=O) groups excluding carboxylic acids is 1. The quantitative estimate of drug-likeness (QED) is 0.785. The van der Waals surface area contributed by atoms with Crippen molar-refractivity contribution in [3.63, 3.8) is 0 Å². The third-order valence-electron chi connectivity index (χ3n) is 2.45. The molecule has 1 aliphatic heterocycles. The highest BCUT2D eigenvalue weighted by Gasteiger charge is 2.30. The van der Waals surface area contributed by atoms with Gasteiger partial charge in [-0.1, -0.05) is 0 Å². The molecule has 1 unspecified atom stereocenters. The van der Waals surface area contributed by atoms with E-state index < -0.39 is 0 Å². The molecule has 1 aliphatic rings. The number of nitrogens with zero attached hydrogens (tertiary/aromatic N) is 2. The lowest BCUT2D eigenvalue weighted by molar-refractivity contribution is 0.0731. The zero-order chi connectivity index (χ0) is 10.8. The van der Waals surface area contributed by atoms with Crippen LogP contribution in [0, 0.1) is 11.3 Å². The van der Waals surface area contributed by atoms with Crippen LogP contribution in [0.5, 0.6) is 0 Å². The summed E-state index contributed by atoms with van der Waals surface area (Å²) in [4.78, 5) is 13.5. The van der Waals surface area contributed by atoms with Crippen LogP contribution in [0.15, 0.2) is 21.2 Å². The van der Waals surface area contributed by atoms with Crippen LogP contribution in [-0.2, 0) is 0 Å². The Bertz CT molecular complexity index is 421. The molecule has 15 heavy (non-hydrogen) atoms. The lowest BCUT2D eigenvalue weighted by Crippen LogP contribution is -2.34. The second kappa shape index (κ2) is 4.07. The van der Waals surface area contributed by atoms with Gasteiger partial charge in [0.15, 0.2) is 10.4 Å². The van der Waals surface area contributed by atoms with Gasteiger partial charge in [0, 0.05) is 6.54 Å². The predicted molar refractivity (Wildman–Crippen MR) is 56.1 cm³/mol. The van der Waals surface area contributed by atoms with E-state index in [4.69, 9.17) is 9.68 Å². The molecule has 0 aromatic carbocycles. The van der Waals surface area contributed by atoms with E-state index in [0.717, 1.165) is 12.8 Å². The minimum Gasteiger partial charge on any atom is -0.444 e. The molecule has 1 saturated heterocycles. The molecule has 4 nitrogen and oxygen atoms in total. The van der Waals surface area contributed by atoms with Crippen molar-refractivity contribution in [3.8, 4) is 6.07 Å². The third kappa shape index (κ3) is 1.90. The van der Waals surface area contributed by atoms with E-state index in [0.29, 0.717) is 11.2 Å². The molecule has 0 bridgehead atoms. The Kier molecular flexibility index (Phi) is 2.78. The molecule has 0 N–H and O–H groups in total. The van der Waals surface area contributed by atoms with Crippen LogP contribution in [0.3, 0.4) is 0 Å². The Hall–Kier alpha value is -1.28. The number of nitriles is 1. The first-order chi connectivity index (χ1) is 7.22. The Morgan fingerprint density at radius 1 is 1.67 bits per heavy atom. The molecule has 1 atom stereocenters. The fourth-order valence-electron chi connectivity index (χ4n) is 1.71. The van der Waals surface area contributed by atoms with Crippen LogP contribution in [0.4, 0.5) is 0 Å². The van der Waals surface area contributed by atoms with Gasteiger partial charge in [0.2, 0.25) is 0 Å². The minimum absolute atomic E-state index is 0.204. The van der Waals surface area contributed by atoms with Crippen LogP contribution in [0.1, 0.15) is 23.4 Å². The number of hydrogen-bond acceptors (Lipinski definition) is 3. The first-order valence-electron chi connectivity index (χ1n) is 4.68. The maximum absolute atomic E-state index is 11.9. The van der Waals surface area contributed by atoms with Crippen molar-refractivity contribution in [2.45, 2.75) is 18.9 Å². The number of amides is 1. The maximum Gasteiger partial charge on any atom is 0.290 e. The van der Waals surface area contributed by atoms with Crippen LogP contribution >= 0.6 is 15.9 Å². The van der Waals surface area contributed by atoms with E-state index in [1.54, 1.807) is 17.0 Å². The van der Waals surface area contributed by atoms with Gasteiger partial charge < -0.3 is 9.32 Å². The molecule has 1 amide bonds. The van der Waals surface area contributed by atoms with E-state index in [-0.39, 0.29) is 17.7 Å². The molecule has 0 aliphatic carbocycles. The molecular formula is C10H9BrN2O2. The highest BCUT2D eigenvalue weighted by molar-refractivity contribution is 9.10. The number of rotatable bonds is 1. The van der Waals surface area contributed by atoms with Crippen molar-refractivity contribution in [3.05, 3.63) is 22.6 Å². The molecule has 5 heteroatoms. The molecule has 78 valence electrons. The molecule has 0 saturated carbocycles. The Morgan fingerprint density at radius 2 is 2.47 bits per heavy atom. The Morgan fingerprint density at radius 3 is 3.07 bits per heavy atom. The van der Waals surface area contributed by atoms with Gasteiger partial charge in [-0.2, -0.15) is 5.26 Å². The summed E-state index contributed by atoms with van der Waals surface area (Å²) >= 11 is 3.14. The summed E-state index contributed by atoms with van der Waals surface area (Å²) in [5, 5.41) is 8.85.